The molecule has 3 aromatic rings. The van der Waals surface area contributed by atoms with Gasteiger partial charge in [0.1, 0.15) is 11.5 Å². The van der Waals surface area contributed by atoms with Crippen LogP contribution in [-0.4, -0.2) is 64.6 Å². The lowest BCUT2D eigenvalue weighted by Gasteiger charge is -2.32. The van der Waals surface area contributed by atoms with Crippen LogP contribution in [0.3, 0.4) is 0 Å². The van der Waals surface area contributed by atoms with E-state index in [4.69, 9.17) is 5.26 Å². The zero-order valence-corrected chi connectivity index (χ0v) is 22.8. The third-order valence-electron chi connectivity index (χ3n) is 7.94. The highest BCUT2D eigenvalue weighted by molar-refractivity contribution is 5.99. The van der Waals surface area contributed by atoms with E-state index in [1.165, 1.54) is 30.5 Å². The maximum absolute atomic E-state index is 13.2. The summed E-state index contributed by atoms with van der Waals surface area (Å²) in [5.74, 6) is -1.03. The van der Waals surface area contributed by atoms with Crippen molar-refractivity contribution < 1.29 is 18.8 Å². The molecular weight excluding hydrogens is 521 g/mol. The minimum Gasteiger partial charge on any atom is -0.348 e. The summed E-state index contributed by atoms with van der Waals surface area (Å²) in [7, 11) is 0. The van der Waals surface area contributed by atoms with Crippen LogP contribution in [0, 0.1) is 23.1 Å². The van der Waals surface area contributed by atoms with Gasteiger partial charge in [-0.1, -0.05) is 12.1 Å². The van der Waals surface area contributed by atoms with Gasteiger partial charge in [0.25, 0.3) is 11.8 Å². The topological polar surface area (TPSA) is 106 Å². The number of nitrogens with zero attached hydrogens (tertiary/aromatic N) is 4. The van der Waals surface area contributed by atoms with Gasteiger partial charge < -0.3 is 10.2 Å². The molecule has 0 saturated carbocycles. The molecular formula is C32H32FN5O3. The van der Waals surface area contributed by atoms with Gasteiger partial charge in [-0.3, -0.25) is 24.3 Å². The molecule has 0 aliphatic carbocycles. The summed E-state index contributed by atoms with van der Waals surface area (Å²) >= 11 is 0. The van der Waals surface area contributed by atoms with Crippen molar-refractivity contribution in [2.24, 2.45) is 5.92 Å². The number of pyridine rings is 1. The molecule has 2 aliphatic rings. The van der Waals surface area contributed by atoms with Crippen molar-refractivity contribution in [2.45, 2.75) is 38.3 Å². The van der Waals surface area contributed by atoms with Crippen molar-refractivity contribution in [3.63, 3.8) is 0 Å². The Morgan fingerprint density at radius 1 is 0.878 bits per heavy atom. The quantitative estimate of drug-likeness (QED) is 0.439. The number of carbonyl (C=O) groups is 3. The van der Waals surface area contributed by atoms with Gasteiger partial charge in [0, 0.05) is 56.4 Å². The van der Waals surface area contributed by atoms with Gasteiger partial charge in [-0.15, -0.1) is 0 Å². The van der Waals surface area contributed by atoms with E-state index in [9.17, 15) is 18.8 Å². The van der Waals surface area contributed by atoms with Crippen molar-refractivity contribution in [3.8, 4) is 6.07 Å². The van der Waals surface area contributed by atoms with Crippen LogP contribution in [0.4, 0.5) is 4.39 Å². The number of Topliss-reactive ketones (excluding diaryl/α,β-unsaturated/α-hetero) is 1. The standard InChI is InChI=1S/C32H32FN5O3/c33-27-8-5-24(6-9-27)30(39)25-11-17-38(18-12-25)32(41)26-7-10-29(35-20-26)31(40)36-28-13-15-37(16-14-28)21-23-3-1-22(19-34)2-4-23/h1-10,20,25,28H,11-18,21H2,(H,36,40). The fourth-order valence-corrected chi connectivity index (χ4v) is 5.47. The van der Waals surface area contributed by atoms with E-state index in [0.717, 1.165) is 38.0 Å². The van der Waals surface area contributed by atoms with E-state index >= 15 is 0 Å². The Morgan fingerprint density at radius 2 is 1.54 bits per heavy atom. The molecule has 2 fully saturated rings. The molecule has 2 aliphatic heterocycles. The number of ketones is 1. The van der Waals surface area contributed by atoms with Gasteiger partial charge >= 0.3 is 0 Å². The highest BCUT2D eigenvalue weighted by Crippen LogP contribution is 2.23. The lowest BCUT2D eigenvalue weighted by atomic mass is 9.88. The van der Waals surface area contributed by atoms with E-state index < -0.39 is 0 Å². The fourth-order valence-electron chi connectivity index (χ4n) is 5.47. The molecule has 2 amide bonds. The Hall–Kier alpha value is -4.42. The summed E-state index contributed by atoms with van der Waals surface area (Å²) in [5.41, 5.74) is 2.97. The fraction of sp³-hybridized carbons (Fsp3) is 0.344. The molecule has 1 aromatic heterocycles. The third-order valence-corrected chi connectivity index (χ3v) is 7.94. The highest BCUT2D eigenvalue weighted by Gasteiger charge is 2.29. The number of rotatable bonds is 7. The molecule has 5 rings (SSSR count). The van der Waals surface area contributed by atoms with E-state index in [2.05, 4.69) is 21.3 Å². The monoisotopic (exact) mass is 553 g/mol. The molecule has 2 saturated heterocycles. The van der Waals surface area contributed by atoms with Crippen molar-refractivity contribution in [3.05, 3.63) is 101 Å². The number of hydrogen-bond donors (Lipinski definition) is 1. The second-order valence-corrected chi connectivity index (χ2v) is 10.7. The van der Waals surface area contributed by atoms with Gasteiger partial charge in [-0.05, 0) is 79.8 Å². The summed E-state index contributed by atoms with van der Waals surface area (Å²) in [6.07, 6.45) is 4.19. The lowest BCUT2D eigenvalue weighted by Crippen LogP contribution is -2.44. The lowest BCUT2D eigenvalue weighted by molar-refractivity contribution is 0.0649. The minimum atomic E-state index is -0.378. The first-order chi connectivity index (χ1) is 19.9. The number of benzene rings is 2. The van der Waals surface area contributed by atoms with Crippen LogP contribution < -0.4 is 5.32 Å². The molecule has 2 aromatic carbocycles. The predicted octanol–water partition coefficient (Wildman–Crippen LogP) is 4.22. The van der Waals surface area contributed by atoms with Crippen molar-refractivity contribution >= 4 is 17.6 Å². The molecule has 1 N–H and O–H groups in total. The van der Waals surface area contributed by atoms with Crippen LogP contribution in [0.15, 0.2) is 66.9 Å². The van der Waals surface area contributed by atoms with E-state index in [1.54, 1.807) is 17.0 Å². The average molecular weight is 554 g/mol. The smallest absolute Gasteiger partial charge is 0.270 e. The zero-order valence-electron chi connectivity index (χ0n) is 22.8. The van der Waals surface area contributed by atoms with Crippen molar-refractivity contribution in [1.29, 1.82) is 5.26 Å². The Bertz CT molecular complexity index is 1420. The SMILES string of the molecule is N#Cc1ccc(CN2CCC(NC(=O)c3ccc(C(=O)N4CCC(C(=O)c5ccc(F)cc5)CC4)cn3)CC2)cc1. The number of halogens is 1. The normalized spacial score (nSPS) is 16.6. The molecule has 3 heterocycles. The summed E-state index contributed by atoms with van der Waals surface area (Å²) in [4.78, 5) is 46.8. The van der Waals surface area contributed by atoms with E-state index in [-0.39, 0.29) is 41.1 Å². The molecule has 41 heavy (non-hydrogen) atoms. The van der Waals surface area contributed by atoms with Crippen molar-refractivity contribution in [1.82, 2.24) is 20.1 Å². The van der Waals surface area contributed by atoms with Crippen LogP contribution in [0.5, 0.6) is 0 Å². The Labute approximate surface area is 238 Å². The second-order valence-electron chi connectivity index (χ2n) is 10.7. The molecule has 0 spiro atoms. The van der Waals surface area contributed by atoms with Crippen LogP contribution in [0.1, 0.15) is 68.0 Å². The van der Waals surface area contributed by atoms with Gasteiger partial charge in [0.2, 0.25) is 0 Å². The molecule has 210 valence electrons. The largest absolute Gasteiger partial charge is 0.348 e. The molecule has 0 radical (unpaired) electrons. The predicted molar refractivity (Wildman–Crippen MR) is 151 cm³/mol. The van der Waals surface area contributed by atoms with Gasteiger partial charge in [0.15, 0.2) is 5.78 Å². The van der Waals surface area contributed by atoms with Crippen LogP contribution in [-0.2, 0) is 6.54 Å². The zero-order chi connectivity index (χ0) is 28.8. The van der Waals surface area contributed by atoms with Crippen LogP contribution in [0.25, 0.3) is 0 Å². The maximum Gasteiger partial charge on any atom is 0.270 e. The van der Waals surface area contributed by atoms with Gasteiger partial charge in [-0.2, -0.15) is 5.26 Å². The summed E-state index contributed by atoms with van der Waals surface area (Å²) < 4.78 is 13.2. The van der Waals surface area contributed by atoms with Crippen LogP contribution in [0.2, 0.25) is 0 Å². The number of nitriles is 1. The van der Waals surface area contributed by atoms with E-state index in [0.29, 0.717) is 42.6 Å². The molecule has 0 unspecified atom stereocenters. The summed E-state index contributed by atoms with van der Waals surface area (Å²) in [5, 5.41) is 12.0. The molecule has 0 bridgehead atoms. The minimum absolute atomic E-state index is 0.0221. The van der Waals surface area contributed by atoms with Crippen LogP contribution >= 0.6 is 0 Å². The summed E-state index contributed by atoms with van der Waals surface area (Å²) in [6.45, 7) is 3.42. The molecule has 8 nitrogen and oxygen atoms in total. The van der Waals surface area contributed by atoms with Crippen molar-refractivity contribution in [2.75, 3.05) is 26.2 Å². The first-order valence-corrected chi connectivity index (χ1v) is 14.0. The average Bonchev–Trinajstić information content (AvgIpc) is 3.02. The Morgan fingerprint density at radius 3 is 2.15 bits per heavy atom. The highest BCUT2D eigenvalue weighted by atomic mass is 19.1. The first kappa shape index (κ1) is 28.1. The number of amides is 2. The molecule has 9 heteroatoms. The van der Waals surface area contributed by atoms with Gasteiger partial charge in [0.05, 0.1) is 17.2 Å². The van der Waals surface area contributed by atoms with E-state index in [1.807, 2.05) is 24.3 Å². The number of aromatic nitrogens is 1. The first-order valence-electron chi connectivity index (χ1n) is 14.0. The second kappa shape index (κ2) is 12.8. The maximum atomic E-state index is 13.2. The Balaban J connectivity index is 1.07. The molecule has 0 atom stereocenters. The number of likely N-dealkylation sites (tertiary alicyclic amines) is 2. The number of nitrogens with one attached hydrogen (secondary N) is 1. The Kier molecular flexibility index (Phi) is 8.80. The number of hydrogen-bond acceptors (Lipinski definition) is 6. The number of carbonyl (C=O) groups excluding carboxylic acids is 3. The summed E-state index contributed by atoms with van der Waals surface area (Å²) in [6, 6.07) is 18.6. The number of piperidine rings is 2. The third kappa shape index (κ3) is 7.02. The van der Waals surface area contributed by atoms with Gasteiger partial charge in [-0.25, -0.2) is 4.39 Å².